The molecule has 0 aliphatic carbocycles. The Morgan fingerprint density at radius 1 is 1.38 bits per heavy atom. The van der Waals surface area contributed by atoms with Gasteiger partial charge in [0, 0.05) is 18.0 Å². The summed E-state index contributed by atoms with van der Waals surface area (Å²) in [6, 6.07) is 4.63. The number of carbonyl (C=O) groups excluding carboxylic acids is 1. The zero-order chi connectivity index (χ0) is 11.7. The van der Waals surface area contributed by atoms with Crippen LogP contribution in [0.3, 0.4) is 0 Å². The van der Waals surface area contributed by atoms with Crippen LogP contribution in [0.15, 0.2) is 30.6 Å². The summed E-state index contributed by atoms with van der Waals surface area (Å²) in [6.07, 6.45) is 3.42. The summed E-state index contributed by atoms with van der Waals surface area (Å²) in [7, 11) is 3.62. The fraction of sp³-hybridized carbons (Fsp3) is 0.250. The standard InChI is InChI=1S/C12H13FN2O/c1-14(2)8-11(16)9-5-7-15-6-3-4-10(13)12(9)15/h3-7H,8H2,1-2H3. The van der Waals surface area contributed by atoms with Crippen molar-refractivity contribution in [2.24, 2.45) is 0 Å². The number of aromatic nitrogens is 1. The van der Waals surface area contributed by atoms with Gasteiger partial charge in [-0.15, -0.1) is 0 Å². The molecule has 0 amide bonds. The van der Waals surface area contributed by atoms with Gasteiger partial charge in [0.05, 0.1) is 12.1 Å². The average Bonchev–Trinajstić information content (AvgIpc) is 2.61. The quantitative estimate of drug-likeness (QED) is 0.737. The molecule has 4 heteroatoms. The van der Waals surface area contributed by atoms with E-state index in [1.165, 1.54) is 6.07 Å². The van der Waals surface area contributed by atoms with Crippen molar-refractivity contribution < 1.29 is 9.18 Å². The molecule has 0 aliphatic rings. The Kier molecular flexibility index (Phi) is 2.75. The minimum absolute atomic E-state index is 0.0717. The summed E-state index contributed by atoms with van der Waals surface area (Å²) in [4.78, 5) is 13.6. The summed E-state index contributed by atoms with van der Waals surface area (Å²) in [5, 5.41) is 0. The molecule has 3 nitrogen and oxygen atoms in total. The number of nitrogens with zero attached hydrogens (tertiary/aromatic N) is 2. The lowest BCUT2D eigenvalue weighted by molar-refractivity contribution is 0.0959. The molecular formula is C12H13FN2O. The normalized spacial score (nSPS) is 11.2. The summed E-state index contributed by atoms with van der Waals surface area (Å²) in [5.74, 6) is -0.438. The molecule has 0 unspecified atom stereocenters. The molecule has 0 spiro atoms. The van der Waals surface area contributed by atoms with E-state index in [9.17, 15) is 9.18 Å². The van der Waals surface area contributed by atoms with Crippen molar-refractivity contribution in [3.05, 3.63) is 42.0 Å². The van der Waals surface area contributed by atoms with Crippen molar-refractivity contribution in [1.82, 2.24) is 9.30 Å². The lowest BCUT2D eigenvalue weighted by Crippen LogP contribution is -2.21. The molecule has 0 N–H and O–H groups in total. The van der Waals surface area contributed by atoms with Crippen molar-refractivity contribution in [1.29, 1.82) is 0 Å². The molecule has 84 valence electrons. The van der Waals surface area contributed by atoms with Crippen molar-refractivity contribution >= 4 is 11.3 Å². The molecule has 0 saturated heterocycles. The summed E-state index contributed by atoms with van der Waals surface area (Å²) >= 11 is 0. The van der Waals surface area contributed by atoms with Gasteiger partial charge in [0.15, 0.2) is 5.78 Å². The second-order valence-corrected chi connectivity index (χ2v) is 4.00. The SMILES string of the molecule is CN(C)CC(=O)c1ccn2cccc(F)c12. The van der Waals surface area contributed by atoms with Crippen molar-refractivity contribution in [3.63, 3.8) is 0 Å². The van der Waals surface area contributed by atoms with Crippen LogP contribution >= 0.6 is 0 Å². The molecule has 0 aliphatic heterocycles. The van der Waals surface area contributed by atoms with E-state index < -0.39 is 0 Å². The third-order valence-electron chi connectivity index (χ3n) is 2.39. The molecule has 16 heavy (non-hydrogen) atoms. The highest BCUT2D eigenvalue weighted by Gasteiger charge is 2.14. The van der Waals surface area contributed by atoms with Crippen LogP contribution in [0, 0.1) is 5.82 Å². The van der Waals surface area contributed by atoms with Gasteiger partial charge in [-0.2, -0.15) is 0 Å². The number of halogens is 1. The molecule has 0 atom stereocenters. The minimum atomic E-state index is -0.366. The highest BCUT2D eigenvalue weighted by molar-refractivity contribution is 6.03. The predicted molar refractivity (Wildman–Crippen MR) is 60.2 cm³/mol. The Labute approximate surface area is 93.1 Å². The van der Waals surface area contributed by atoms with Crippen LogP contribution in [0.1, 0.15) is 10.4 Å². The van der Waals surface area contributed by atoms with E-state index in [-0.39, 0.29) is 18.1 Å². The van der Waals surface area contributed by atoms with Gasteiger partial charge in [-0.3, -0.25) is 4.79 Å². The Morgan fingerprint density at radius 3 is 2.81 bits per heavy atom. The zero-order valence-corrected chi connectivity index (χ0v) is 9.27. The highest BCUT2D eigenvalue weighted by atomic mass is 19.1. The van der Waals surface area contributed by atoms with Gasteiger partial charge in [0.25, 0.3) is 0 Å². The topological polar surface area (TPSA) is 24.7 Å². The van der Waals surface area contributed by atoms with Crippen molar-refractivity contribution in [3.8, 4) is 0 Å². The molecule has 0 fully saturated rings. The van der Waals surface area contributed by atoms with Gasteiger partial charge in [-0.05, 0) is 32.3 Å². The van der Waals surface area contributed by atoms with E-state index >= 15 is 0 Å². The Bertz CT molecular complexity index is 531. The van der Waals surface area contributed by atoms with Gasteiger partial charge in [-0.25, -0.2) is 4.39 Å². The van der Waals surface area contributed by atoms with Crippen LogP contribution < -0.4 is 0 Å². The monoisotopic (exact) mass is 220 g/mol. The van der Waals surface area contributed by atoms with Crippen molar-refractivity contribution in [2.45, 2.75) is 0 Å². The van der Waals surface area contributed by atoms with Crippen LogP contribution in [0.4, 0.5) is 4.39 Å². The smallest absolute Gasteiger partial charge is 0.179 e. The second-order valence-electron chi connectivity index (χ2n) is 4.00. The van der Waals surface area contributed by atoms with Crippen molar-refractivity contribution in [2.75, 3.05) is 20.6 Å². The third-order valence-corrected chi connectivity index (χ3v) is 2.39. The first-order chi connectivity index (χ1) is 7.59. The maximum atomic E-state index is 13.6. The zero-order valence-electron chi connectivity index (χ0n) is 9.27. The van der Waals surface area contributed by atoms with Crippen LogP contribution in [-0.4, -0.2) is 35.7 Å². The number of pyridine rings is 1. The second kappa shape index (κ2) is 4.06. The van der Waals surface area contributed by atoms with Gasteiger partial charge in [0.1, 0.15) is 5.82 Å². The number of hydrogen-bond acceptors (Lipinski definition) is 2. The van der Waals surface area contributed by atoms with E-state index in [1.807, 2.05) is 14.1 Å². The van der Waals surface area contributed by atoms with Crippen LogP contribution in [0.2, 0.25) is 0 Å². The van der Waals surface area contributed by atoms with E-state index in [1.54, 1.807) is 33.8 Å². The predicted octanol–water partition coefficient (Wildman–Crippen LogP) is 1.82. The number of ketones is 1. The molecule has 0 saturated carbocycles. The maximum Gasteiger partial charge on any atom is 0.179 e. The lowest BCUT2D eigenvalue weighted by atomic mass is 10.1. The van der Waals surface area contributed by atoms with Gasteiger partial charge >= 0.3 is 0 Å². The number of hydrogen-bond donors (Lipinski definition) is 0. The summed E-state index contributed by atoms with van der Waals surface area (Å²) in [5.41, 5.74) is 0.793. The third kappa shape index (κ3) is 1.84. The Hall–Kier alpha value is -1.68. The minimum Gasteiger partial charge on any atom is -0.321 e. The Morgan fingerprint density at radius 2 is 2.12 bits per heavy atom. The van der Waals surface area contributed by atoms with E-state index in [4.69, 9.17) is 0 Å². The fourth-order valence-corrected chi connectivity index (χ4v) is 1.72. The lowest BCUT2D eigenvalue weighted by Gasteiger charge is -2.07. The van der Waals surface area contributed by atoms with Crippen LogP contribution in [-0.2, 0) is 0 Å². The van der Waals surface area contributed by atoms with Gasteiger partial charge in [0.2, 0.25) is 0 Å². The number of Topliss-reactive ketones (excluding diaryl/α,β-unsaturated/α-hetero) is 1. The molecule has 0 radical (unpaired) electrons. The first-order valence-corrected chi connectivity index (χ1v) is 5.02. The molecule has 2 aromatic rings. The highest BCUT2D eigenvalue weighted by Crippen LogP contribution is 2.17. The molecule has 2 heterocycles. The summed E-state index contributed by atoms with van der Waals surface area (Å²) in [6.45, 7) is 0.286. The van der Waals surface area contributed by atoms with E-state index in [0.29, 0.717) is 11.1 Å². The average molecular weight is 220 g/mol. The maximum absolute atomic E-state index is 13.6. The van der Waals surface area contributed by atoms with Crippen LogP contribution in [0.25, 0.3) is 5.52 Å². The van der Waals surface area contributed by atoms with Gasteiger partial charge < -0.3 is 9.30 Å². The number of fused-ring (bicyclic) bond motifs is 1. The molecule has 0 bridgehead atoms. The molecule has 2 rings (SSSR count). The summed E-state index contributed by atoms with van der Waals surface area (Å²) < 4.78 is 15.2. The first-order valence-electron chi connectivity index (χ1n) is 5.02. The molecule has 2 aromatic heterocycles. The number of carbonyl (C=O) groups is 1. The largest absolute Gasteiger partial charge is 0.321 e. The van der Waals surface area contributed by atoms with Crippen LogP contribution in [0.5, 0.6) is 0 Å². The first kappa shape index (κ1) is 10.8. The van der Waals surface area contributed by atoms with E-state index in [2.05, 4.69) is 0 Å². The molecule has 0 aromatic carbocycles. The van der Waals surface area contributed by atoms with E-state index in [0.717, 1.165) is 0 Å². The molecular weight excluding hydrogens is 207 g/mol. The fourth-order valence-electron chi connectivity index (χ4n) is 1.72. The number of likely N-dealkylation sites (N-methyl/N-ethyl adjacent to an activating group) is 1. The van der Waals surface area contributed by atoms with Gasteiger partial charge in [-0.1, -0.05) is 0 Å². The number of rotatable bonds is 3. The Balaban J connectivity index is 2.49.